The van der Waals surface area contributed by atoms with E-state index in [-0.39, 0.29) is 18.1 Å². The Morgan fingerprint density at radius 1 is 1.42 bits per heavy atom. The lowest BCUT2D eigenvalue weighted by Gasteiger charge is -2.33. The summed E-state index contributed by atoms with van der Waals surface area (Å²) < 4.78 is 23.5. The zero-order chi connectivity index (χ0) is 14.3. The standard InChI is InChI=1S/C14H21NO3S/c1-10-4-3-5-12(11(10)2)13(16)14(8-15)6-7-19(17,18)9-14/h3-5,13,16H,6-9,15H2,1-2H3. The lowest BCUT2D eigenvalue weighted by Crippen LogP contribution is -2.38. The zero-order valence-corrected chi connectivity index (χ0v) is 12.2. The number of hydrogen-bond acceptors (Lipinski definition) is 4. The van der Waals surface area contributed by atoms with Crippen molar-refractivity contribution < 1.29 is 13.5 Å². The van der Waals surface area contributed by atoms with Crippen LogP contribution in [0.5, 0.6) is 0 Å². The third-order valence-corrected chi connectivity index (χ3v) is 6.19. The van der Waals surface area contributed by atoms with Crippen LogP contribution in [-0.4, -0.2) is 31.6 Å². The highest BCUT2D eigenvalue weighted by Crippen LogP contribution is 2.43. The van der Waals surface area contributed by atoms with Gasteiger partial charge in [-0.1, -0.05) is 18.2 Å². The normalized spacial score (nSPS) is 27.4. The summed E-state index contributed by atoms with van der Waals surface area (Å²) in [6.07, 6.45) is -0.393. The summed E-state index contributed by atoms with van der Waals surface area (Å²) in [4.78, 5) is 0. The molecule has 3 N–H and O–H groups in total. The minimum atomic E-state index is -3.08. The van der Waals surface area contributed by atoms with Gasteiger partial charge in [-0.15, -0.1) is 0 Å². The summed E-state index contributed by atoms with van der Waals surface area (Å²) in [6, 6.07) is 5.72. The Bertz CT molecular complexity index is 582. The molecule has 5 heteroatoms. The third kappa shape index (κ3) is 2.55. The number of aryl methyl sites for hydroxylation is 1. The van der Waals surface area contributed by atoms with Crippen LogP contribution in [0.2, 0.25) is 0 Å². The van der Waals surface area contributed by atoms with E-state index in [0.29, 0.717) is 6.42 Å². The van der Waals surface area contributed by atoms with Crippen LogP contribution in [0.3, 0.4) is 0 Å². The summed E-state index contributed by atoms with van der Waals surface area (Å²) in [5, 5.41) is 10.7. The van der Waals surface area contributed by atoms with Gasteiger partial charge in [-0.2, -0.15) is 0 Å². The molecule has 1 aliphatic rings. The molecular formula is C14H21NO3S. The number of aliphatic hydroxyl groups excluding tert-OH is 1. The molecule has 0 spiro atoms. The van der Waals surface area contributed by atoms with E-state index >= 15 is 0 Å². The molecule has 1 aromatic carbocycles. The molecule has 2 atom stereocenters. The Morgan fingerprint density at radius 2 is 2.11 bits per heavy atom. The number of hydrogen-bond donors (Lipinski definition) is 2. The second-order valence-corrected chi connectivity index (χ2v) is 7.78. The molecule has 0 amide bonds. The van der Waals surface area contributed by atoms with Crippen molar-refractivity contribution in [3.8, 4) is 0 Å². The summed E-state index contributed by atoms with van der Waals surface area (Å²) >= 11 is 0. The predicted molar refractivity (Wildman–Crippen MR) is 75.6 cm³/mol. The van der Waals surface area contributed by atoms with E-state index in [4.69, 9.17) is 5.73 Å². The van der Waals surface area contributed by atoms with Crippen molar-refractivity contribution in [3.05, 3.63) is 34.9 Å². The first-order valence-electron chi connectivity index (χ1n) is 6.46. The van der Waals surface area contributed by atoms with Gasteiger partial charge in [0.2, 0.25) is 0 Å². The molecule has 0 bridgehead atoms. The molecule has 0 aliphatic carbocycles. The van der Waals surface area contributed by atoms with Crippen molar-refractivity contribution in [2.24, 2.45) is 11.1 Å². The van der Waals surface area contributed by atoms with E-state index in [1.807, 2.05) is 32.0 Å². The van der Waals surface area contributed by atoms with Crippen LogP contribution in [0.4, 0.5) is 0 Å². The van der Waals surface area contributed by atoms with Gasteiger partial charge in [0.05, 0.1) is 17.6 Å². The highest BCUT2D eigenvalue weighted by Gasteiger charge is 2.47. The fourth-order valence-electron chi connectivity index (χ4n) is 2.83. The smallest absolute Gasteiger partial charge is 0.151 e. The van der Waals surface area contributed by atoms with Crippen LogP contribution in [-0.2, 0) is 9.84 Å². The molecule has 4 nitrogen and oxygen atoms in total. The Labute approximate surface area is 114 Å². The summed E-state index contributed by atoms with van der Waals surface area (Å²) in [5.74, 6) is 0.0944. The van der Waals surface area contributed by atoms with Gasteiger partial charge < -0.3 is 10.8 Å². The van der Waals surface area contributed by atoms with Gasteiger partial charge in [-0.3, -0.25) is 0 Å². The topological polar surface area (TPSA) is 80.4 Å². The first-order chi connectivity index (χ1) is 8.81. The van der Waals surface area contributed by atoms with Crippen LogP contribution in [0.1, 0.15) is 29.2 Å². The van der Waals surface area contributed by atoms with Crippen molar-refractivity contribution in [2.45, 2.75) is 26.4 Å². The summed E-state index contributed by atoms with van der Waals surface area (Å²) in [7, 11) is -3.08. The average Bonchev–Trinajstić information content (AvgIpc) is 2.69. The highest BCUT2D eigenvalue weighted by atomic mass is 32.2. The quantitative estimate of drug-likeness (QED) is 0.870. The van der Waals surface area contributed by atoms with Crippen molar-refractivity contribution in [2.75, 3.05) is 18.1 Å². The Morgan fingerprint density at radius 3 is 2.63 bits per heavy atom. The first kappa shape index (κ1) is 14.5. The van der Waals surface area contributed by atoms with Gasteiger partial charge >= 0.3 is 0 Å². The fraction of sp³-hybridized carbons (Fsp3) is 0.571. The third-order valence-electron chi connectivity index (χ3n) is 4.35. The predicted octanol–water partition coefficient (Wildman–Crippen LogP) is 1.10. The highest BCUT2D eigenvalue weighted by molar-refractivity contribution is 7.91. The van der Waals surface area contributed by atoms with Crippen molar-refractivity contribution in [1.29, 1.82) is 0 Å². The second kappa shape index (κ2) is 4.89. The zero-order valence-electron chi connectivity index (χ0n) is 11.4. The van der Waals surface area contributed by atoms with Crippen molar-refractivity contribution in [3.63, 3.8) is 0 Å². The van der Waals surface area contributed by atoms with Crippen molar-refractivity contribution >= 4 is 9.84 Å². The van der Waals surface area contributed by atoms with Gasteiger partial charge in [-0.05, 0) is 37.0 Å². The van der Waals surface area contributed by atoms with E-state index in [1.54, 1.807) is 0 Å². The molecular weight excluding hydrogens is 262 g/mol. The fourth-order valence-corrected chi connectivity index (χ4v) is 4.99. The van der Waals surface area contributed by atoms with Gasteiger partial charge in [0, 0.05) is 12.0 Å². The van der Waals surface area contributed by atoms with E-state index in [9.17, 15) is 13.5 Å². The Hall–Kier alpha value is -0.910. The Balaban J connectivity index is 2.42. The lowest BCUT2D eigenvalue weighted by molar-refractivity contribution is 0.0466. The SMILES string of the molecule is Cc1cccc(C(O)C2(CN)CCS(=O)(=O)C2)c1C. The molecule has 0 radical (unpaired) electrons. The molecule has 2 rings (SSSR count). The summed E-state index contributed by atoms with van der Waals surface area (Å²) in [6.45, 7) is 4.11. The minimum Gasteiger partial charge on any atom is -0.388 e. The molecule has 19 heavy (non-hydrogen) atoms. The van der Waals surface area contributed by atoms with Crippen molar-refractivity contribution in [1.82, 2.24) is 0 Å². The number of rotatable bonds is 3. The van der Waals surface area contributed by atoms with E-state index < -0.39 is 21.4 Å². The molecule has 1 heterocycles. The molecule has 0 saturated carbocycles. The largest absolute Gasteiger partial charge is 0.388 e. The van der Waals surface area contributed by atoms with E-state index in [1.165, 1.54) is 0 Å². The van der Waals surface area contributed by atoms with Crippen LogP contribution in [0.15, 0.2) is 18.2 Å². The molecule has 1 fully saturated rings. The van der Waals surface area contributed by atoms with Crippen LogP contribution >= 0.6 is 0 Å². The molecule has 1 aliphatic heterocycles. The monoisotopic (exact) mass is 283 g/mol. The number of sulfone groups is 1. The van der Waals surface area contributed by atoms with Crippen LogP contribution in [0, 0.1) is 19.3 Å². The number of nitrogens with two attached hydrogens (primary N) is 1. The average molecular weight is 283 g/mol. The maximum atomic E-state index is 11.7. The van der Waals surface area contributed by atoms with Crippen LogP contribution in [0.25, 0.3) is 0 Å². The minimum absolute atomic E-state index is 0.0228. The molecule has 1 saturated heterocycles. The second-order valence-electron chi connectivity index (χ2n) is 5.60. The maximum absolute atomic E-state index is 11.7. The van der Waals surface area contributed by atoms with E-state index in [0.717, 1.165) is 16.7 Å². The molecule has 2 unspecified atom stereocenters. The number of aliphatic hydroxyl groups is 1. The molecule has 0 aromatic heterocycles. The van der Waals surface area contributed by atoms with Gasteiger partial charge in [0.25, 0.3) is 0 Å². The van der Waals surface area contributed by atoms with E-state index in [2.05, 4.69) is 0 Å². The summed E-state index contributed by atoms with van der Waals surface area (Å²) in [5.41, 5.74) is 7.94. The van der Waals surface area contributed by atoms with Crippen LogP contribution < -0.4 is 5.73 Å². The lowest BCUT2D eigenvalue weighted by atomic mass is 9.77. The Kier molecular flexibility index (Phi) is 3.73. The number of benzene rings is 1. The molecule has 106 valence electrons. The van der Waals surface area contributed by atoms with Gasteiger partial charge in [0.1, 0.15) is 0 Å². The first-order valence-corrected chi connectivity index (χ1v) is 8.28. The van der Waals surface area contributed by atoms with Gasteiger partial charge in [-0.25, -0.2) is 8.42 Å². The van der Waals surface area contributed by atoms with Gasteiger partial charge in [0.15, 0.2) is 9.84 Å². The molecule has 1 aromatic rings. The maximum Gasteiger partial charge on any atom is 0.151 e.